The number of methoxy groups -OCH3 is 2. The molecule has 1 unspecified atom stereocenters. The van der Waals surface area contributed by atoms with Crippen LogP contribution in [0.5, 0.6) is 11.5 Å². The molecule has 6 heterocycles. The molecule has 3 aliphatic rings. The second-order valence-electron chi connectivity index (χ2n) is 18.2. The lowest BCUT2D eigenvalue weighted by atomic mass is 10.0. The number of alkyl halides is 2. The van der Waals surface area contributed by atoms with Crippen LogP contribution in [0.3, 0.4) is 0 Å². The first-order valence-corrected chi connectivity index (χ1v) is 22.6. The third-order valence-corrected chi connectivity index (χ3v) is 13.0. The number of likely N-dealkylation sites (tertiary alicyclic amines) is 2. The lowest BCUT2D eigenvalue weighted by molar-refractivity contribution is -0.136. The summed E-state index contributed by atoms with van der Waals surface area (Å²) in [6.07, 6.45) is -1.40. The lowest BCUT2D eigenvalue weighted by Gasteiger charge is -2.30. The smallest absolute Gasteiger partial charge is 0.407 e. The summed E-state index contributed by atoms with van der Waals surface area (Å²) in [7, 11) is 2.43. The number of H-pyrrole nitrogens is 2. The number of hydrogen-bond donors (Lipinski definition) is 5. The van der Waals surface area contributed by atoms with Gasteiger partial charge in [-0.1, -0.05) is 52.0 Å². The molecule has 3 aromatic heterocycles. The van der Waals surface area contributed by atoms with E-state index in [1.807, 2.05) is 42.5 Å². The fraction of sp³-hybridized carbons (Fsp3) is 0.388. The van der Waals surface area contributed by atoms with Gasteiger partial charge in [-0.2, -0.15) is 0 Å². The number of imidazole rings is 2. The highest BCUT2D eigenvalue weighted by molar-refractivity contribution is 5.93. The van der Waals surface area contributed by atoms with Gasteiger partial charge in [0, 0.05) is 40.5 Å². The molecular weight excluding hydrogens is 881 g/mol. The van der Waals surface area contributed by atoms with Crippen LogP contribution in [0.15, 0.2) is 79.1 Å². The molecule has 0 radical (unpaired) electrons. The zero-order valence-corrected chi connectivity index (χ0v) is 38.3. The molecule has 356 valence electrons. The summed E-state index contributed by atoms with van der Waals surface area (Å²) in [5.41, 5.74) is 5.97. The number of phenols is 1. The molecule has 9 rings (SSSR count). The summed E-state index contributed by atoms with van der Waals surface area (Å²) in [5.74, 6) is 0.0205. The van der Waals surface area contributed by atoms with E-state index in [0.29, 0.717) is 34.3 Å². The number of aromatic nitrogens is 5. The Morgan fingerprint density at radius 1 is 0.750 bits per heavy atom. The van der Waals surface area contributed by atoms with Crippen molar-refractivity contribution in [3.8, 4) is 45.3 Å². The number of carbonyl (C=O) groups is 4. The van der Waals surface area contributed by atoms with E-state index < -0.39 is 66.7 Å². The van der Waals surface area contributed by atoms with Crippen LogP contribution in [0, 0.1) is 11.8 Å². The van der Waals surface area contributed by atoms with Crippen molar-refractivity contribution in [3.05, 3.63) is 96.3 Å². The predicted molar refractivity (Wildman–Crippen MR) is 246 cm³/mol. The first kappa shape index (κ1) is 45.7. The molecule has 2 fully saturated rings. The van der Waals surface area contributed by atoms with E-state index in [1.54, 1.807) is 58.3 Å². The normalized spacial score (nSPS) is 20.8. The number of rotatable bonds is 11. The summed E-state index contributed by atoms with van der Waals surface area (Å²) in [4.78, 5) is 70.4. The van der Waals surface area contributed by atoms with Crippen molar-refractivity contribution in [2.75, 3.05) is 27.3 Å². The van der Waals surface area contributed by atoms with E-state index in [0.717, 1.165) is 33.3 Å². The average molecular weight is 934 g/mol. The summed E-state index contributed by atoms with van der Waals surface area (Å²) in [5, 5.41) is 16.6. The van der Waals surface area contributed by atoms with E-state index in [-0.39, 0.29) is 43.5 Å². The second kappa shape index (κ2) is 18.3. The molecule has 6 aromatic rings. The minimum absolute atomic E-state index is 0.0324. The number of nitrogens with zero attached hydrogens (tertiary/aromatic N) is 5. The fourth-order valence-electron chi connectivity index (χ4n) is 9.57. The topological polar surface area (TPSA) is 209 Å². The van der Waals surface area contributed by atoms with Gasteiger partial charge in [0.15, 0.2) is 0 Å². The van der Waals surface area contributed by atoms with Crippen LogP contribution >= 0.6 is 0 Å². The number of fused-ring (bicyclic) bond motifs is 5. The fourth-order valence-corrected chi connectivity index (χ4v) is 9.57. The molecule has 0 saturated carbocycles. The Bertz CT molecular complexity index is 2890. The summed E-state index contributed by atoms with van der Waals surface area (Å²) in [6, 6.07) is 17.4. The van der Waals surface area contributed by atoms with Gasteiger partial charge in [0.25, 0.3) is 0 Å². The van der Waals surface area contributed by atoms with Crippen LogP contribution in [-0.4, -0.2) is 115 Å². The third-order valence-electron chi connectivity index (χ3n) is 13.0. The number of phenolic OH excluding ortho intramolecular Hbond substituents is 1. The molecule has 0 aliphatic carbocycles. The van der Waals surface area contributed by atoms with Crippen molar-refractivity contribution >= 4 is 34.9 Å². The molecule has 0 bridgehead atoms. The molecule has 5 N–H and O–H groups in total. The van der Waals surface area contributed by atoms with E-state index in [9.17, 15) is 24.3 Å². The first-order chi connectivity index (χ1) is 32.6. The third kappa shape index (κ3) is 8.56. The number of ether oxygens (including phenoxy) is 3. The van der Waals surface area contributed by atoms with Crippen LogP contribution in [0.25, 0.3) is 44.7 Å². The van der Waals surface area contributed by atoms with E-state index in [4.69, 9.17) is 14.2 Å². The number of alkyl carbamates (subject to hydrolysis) is 2. The number of aromatic amines is 2. The van der Waals surface area contributed by atoms with Crippen LogP contribution in [0.1, 0.15) is 76.1 Å². The Morgan fingerprint density at radius 3 is 1.82 bits per heavy atom. The van der Waals surface area contributed by atoms with Crippen molar-refractivity contribution in [2.24, 2.45) is 11.8 Å². The van der Waals surface area contributed by atoms with Crippen molar-refractivity contribution in [1.82, 2.24) is 44.9 Å². The number of aromatic hydroxyl groups is 1. The monoisotopic (exact) mass is 933 g/mol. The van der Waals surface area contributed by atoms with Gasteiger partial charge < -0.3 is 54.3 Å². The van der Waals surface area contributed by atoms with Crippen molar-refractivity contribution in [3.63, 3.8) is 0 Å². The molecule has 17 nitrogen and oxygen atoms in total. The van der Waals surface area contributed by atoms with Gasteiger partial charge in [-0.3, -0.25) is 9.59 Å². The predicted octanol–water partition coefficient (Wildman–Crippen LogP) is 7.72. The molecule has 68 heavy (non-hydrogen) atoms. The quantitative estimate of drug-likeness (QED) is 0.0855. The Hall–Kier alpha value is -7.44. The molecule has 7 atom stereocenters. The molecule has 3 aromatic carbocycles. The van der Waals surface area contributed by atoms with Gasteiger partial charge in [0.1, 0.15) is 47.6 Å². The van der Waals surface area contributed by atoms with Gasteiger partial charge in [-0.05, 0) is 54.3 Å². The van der Waals surface area contributed by atoms with Crippen LogP contribution in [0.4, 0.5) is 18.4 Å². The van der Waals surface area contributed by atoms with Crippen LogP contribution in [-0.2, 0) is 19.1 Å². The summed E-state index contributed by atoms with van der Waals surface area (Å²) in [6.45, 7) is 6.88. The number of hydrogen-bond acceptors (Lipinski definition) is 10. The van der Waals surface area contributed by atoms with E-state index >= 15 is 8.78 Å². The minimum atomic E-state index is -1.29. The Labute approximate surface area is 390 Å². The summed E-state index contributed by atoms with van der Waals surface area (Å²) >= 11 is 0. The van der Waals surface area contributed by atoms with Gasteiger partial charge >= 0.3 is 12.2 Å². The Kier molecular flexibility index (Phi) is 12.3. The molecule has 0 spiro atoms. The number of carbonyl (C=O) groups excluding carboxylic acids is 4. The van der Waals surface area contributed by atoms with Crippen LogP contribution < -0.4 is 15.4 Å². The molecule has 3 aliphatic heterocycles. The zero-order chi connectivity index (χ0) is 48.1. The van der Waals surface area contributed by atoms with E-state index in [1.165, 1.54) is 24.0 Å². The molecular formula is C49H53F2N9O8. The number of benzene rings is 3. The lowest BCUT2D eigenvalue weighted by Crippen LogP contribution is -2.51. The SMILES string of the molecule is COC(=O)N[C@@H](C(=O)N1C[C@H](F)C[C@H]1c1ncc(-c2ccc3c(c2)OC(c2cccc(O)c2)n2c-3cc3cc(-c4cnc([C@@H]5C[C@H](F)CN5C(=O)[C@H](NC(=O)OC)C(C)C)[nH]4)ccc32)[nH]1)C(C)C. The number of nitrogens with one attached hydrogen (secondary N) is 4. The van der Waals surface area contributed by atoms with Gasteiger partial charge in [0.05, 0.1) is 74.4 Å². The number of halogens is 2. The largest absolute Gasteiger partial charge is 0.508 e. The van der Waals surface area contributed by atoms with Crippen molar-refractivity contribution < 1.29 is 47.3 Å². The minimum Gasteiger partial charge on any atom is -0.508 e. The zero-order valence-electron chi connectivity index (χ0n) is 38.3. The summed E-state index contributed by atoms with van der Waals surface area (Å²) < 4.78 is 48.5. The second-order valence-corrected chi connectivity index (χ2v) is 18.2. The van der Waals surface area contributed by atoms with Gasteiger partial charge in [0.2, 0.25) is 18.0 Å². The maximum Gasteiger partial charge on any atom is 0.407 e. The maximum absolute atomic E-state index is 15.1. The van der Waals surface area contributed by atoms with Crippen molar-refractivity contribution in [2.45, 2.75) is 83.3 Å². The standard InChI is InChI=1S/C49H53F2N9O8/c1-24(2)41(56-48(64)66-5)45(62)58-22-30(50)18-38(58)43-52-20-34(54-43)26-11-13-36-29(14-26)16-37-33-12-10-27(17-40(33)68-47(60(36)37)28-8-7-9-32(61)15-28)35-21-53-44(55-35)39-19-31(51)23-59(39)46(63)42(25(3)4)57-49(65)67-6/h7-17,20-21,24-25,30-31,38-39,41-42,47,61H,18-19,22-23H2,1-6H3,(H,52,54)(H,53,55)(H,56,64)(H,57,65)/t30-,31+,38-,39-,41+,42+,47?/m0/s1. The molecule has 2 saturated heterocycles. The maximum atomic E-state index is 15.1. The molecule has 19 heteroatoms. The number of amides is 4. The van der Waals surface area contributed by atoms with Crippen LogP contribution in [0.2, 0.25) is 0 Å². The highest BCUT2D eigenvalue weighted by Crippen LogP contribution is 2.47. The first-order valence-electron chi connectivity index (χ1n) is 22.6. The highest BCUT2D eigenvalue weighted by Gasteiger charge is 2.43. The van der Waals surface area contributed by atoms with Crippen molar-refractivity contribution in [1.29, 1.82) is 0 Å². The Morgan fingerprint density at radius 2 is 1.29 bits per heavy atom. The Balaban J connectivity index is 1.02. The average Bonchev–Trinajstić information content (AvgIpc) is 4.18. The molecule has 4 amide bonds. The van der Waals surface area contributed by atoms with Gasteiger partial charge in [-0.25, -0.2) is 28.3 Å². The highest BCUT2D eigenvalue weighted by atomic mass is 19.1. The van der Waals surface area contributed by atoms with Gasteiger partial charge in [-0.15, -0.1) is 0 Å². The van der Waals surface area contributed by atoms with E-state index in [2.05, 4.69) is 41.2 Å².